The fourth-order valence-corrected chi connectivity index (χ4v) is 4.02. The predicted octanol–water partition coefficient (Wildman–Crippen LogP) is 3.47. The lowest BCUT2D eigenvalue weighted by atomic mass is 9.95. The van der Waals surface area contributed by atoms with Gasteiger partial charge >= 0.3 is 0 Å². The van der Waals surface area contributed by atoms with E-state index in [1.807, 2.05) is 18.2 Å². The molecule has 0 spiro atoms. The molecular weight excluding hydrogens is 395 g/mol. The molecule has 0 saturated carbocycles. The molecule has 8 heteroatoms. The molecule has 1 saturated heterocycles. The maximum absolute atomic E-state index is 14.4. The molecule has 4 N–H and O–H groups in total. The molecule has 1 fully saturated rings. The summed E-state index contributed by atoms with van der Waals surface area (Å²) in [6, 6.07) is 8.30. The molecule has 1 aliphatic heterocycles. The second-order valence-corrected chi connectivity index (χ2v) is 8.14. The number of nitrogens with zero attached hydrogens (tertiary/aromatic N) is 3. The lowest BCUT2D eigenvalue weighted by Crippen LogP contribution is -2.37. The van der Waals surface area contributed by atoms with Crippen molar-refractivity contribution in [2.75, 3.05) is 25.0 Å². The van der Waals surface area contributed by atoms with Gasteiger partial charge < -0.3 is 20.6 Å². The Morgan fingerprint density at radius 3 is 2.71 bits per heavy atom. The summed E-state index contributed by atoms with van der Waals surface area (Å²) >= 11 is 0. The molecule has 0 amide bonds. The van der Waals surface area contributed by atoms with E-state index in [1.165, 1.54) is 6.20 Å². The van der Waals surface area contributed by atoms with Crippen LogP contribution in [0, 0.1) is 5.41 Å². The molecule has 2 aliphatic rings. The van der Waals surface area contributed by atoms with Crippen molar-refractivity contribution in [3.8, 4) is 0 Å². The number of anilines is 1. The summed E-state index contributed by atoms with van der Waals surface area (Å²) in [5.41, 5.74) is 2.03. The van der Waals surface area contributed by atoms with Gasteiger partial charge in [0.15, 0.2) is 11.6 Å². The summed E-state index contributed by atoms with van der Waals surface area (Å²) in [6.45, 7) is 6.17. The largest absolute Gasteiger partial charge is 0.504 e. The Bertz CT molecular complexity index is 1120. The van der Waals surface area contributed by atoms with Crippen molar-refractivity contribution in [3.63, 3.8) is 0 Å². The molecule has 1 aliphatic carbocycles. The van der Waals surface area contributed by atoms with Gasteiger partial charge in [0.2, 0.25) is 0 Å². The molecule has 1 atom stereocenters. The molecule has 4 rings (SSSR count). The molecular formula is C23H27FN6O. The van der Waals surface area contributed by atoms with Gasteiger partial charge in [-0.3, -0.25) is 5.41 Å². The first-order chi connectivity index (χ1) is 14.9. The second kappa shape index (κ2) is 8.47. The maximum Gasteiger partial charge on any atom is 0.190 e. The van der Waals surface area contributed by atoms with Gasteiger partial charge in [0.25, 0.3) is 0 Å². The zero-order valence-electron chi connectivity index (χ0n) is 17.9. The molecule has 0 radical (unpaired) electrons. The highest BCUT2D eigenvalue weighted by atomic mass is 19.1. The third kappa shape index (κ3) is 4.16. The van der Waals surface area contributed by atoms with Gasteiger partial charge in [-0.2, -0.15) is 0 Å². The van der Waals surface area contributed by atoms with Gasteiger partial charge in [0, 0.05) is 49.6 Å². The number of aromatic nitrogens is 2. The van der Waals surface area contributed by atoms with E-state index in [-0.39, 0.29) is 11.3 Å². The first-order valence-corrected chi connectivity index (χ1v) is 10.4. The van der Waals surface area contributed by atoms with E-state index in [1.54, 1.807) is 19.2 Å². The van der Waals surface area contributed by atoms with Crippen molar-refractivity contribution >= 4 is 28.1 Å². The van der Waals surface area contributed by atoms with Crippen molar-refractivity contribution in [2.24, 2.45) is 0 Å². The van der Waals surface area contributed by atoms with Crippen molar-refractivity contribution in [2.45, 2.75) is 32.4 Å². The maximum atomic E-state index is 14.4. The lowest BCUT2D eigenvalue weighted by molar-refractivity contribution is 0.413. The van der Waals surface area contributed by atoms with Gasteiger partial charge in [0.1, 0.15) is 11.5 Å². The highest BCUT2D eigenvalue weighted by Gasteiger charge is 2.26. The Hall–Kier alpha value is -3.26. The molecule has 0 aromatic carbocycles. The van der Waals surface area contributed by atoms with E-state index < -0.39 is 11.6 Å². The number of pyridine rings is 2. The van der Waals surface area contributed by atoms with Crippen molar-refractivity contribution in [3.05, 3.63) is 59.4 Å². The van der Waals surface area contributed by atoms with Crippen LogP contribution in [-0.2, 0) is 0 Å². The van der Waals surface area contributed by atoms with E-state index in [4.69, 9.17) is 10.4 Å². The minimum atomic E-state index is -0.965. The normalized spacial score (nSPS) is 20.9. The summed E-state index contributed by atoms with van der Waals surface area (Å²) in [7, 11) is 1.67. The summed E-state index contributed by atoms with van der Waals surface area (Å²) in [5, 5.41) is 24.5. The van der Waals surface area contributed by atoms with Crippen LogP contribution in [0.15, 0.2) is 53.7 Å². The Morgan fingerprint density at radius 1 is 1.23 bits per heavy atom. The van der Waals surface area contributed by atoms with Crippen LogP contribution >= 0.6 is 0 Å². The number of fused-ring (bicyclic) bond motifs is 1. The van der Waals surface area contributed by atoms with Crippen molar-refractivity contribution < 1.29 is 9.50 Å². The molecule has 3 heterocycles. The summed E-state index contributed by atoms with van der Waals surface area (Å²) in [6.07, 6.45) is 4.15. The number of aliphatic hydroxyl groups is 1. The van der Waals surface area contributed by atoms with Crippen LogP contribution in [0.5, 0.6) is 0 Å². The van der Waals surface area contributed by atoms with Gasteiger partial charge in [-0.1, -0.05) is 13.8 Å². The fraction of sp³-hybridized carbons (Fsp3) is 0.348. The SMILES string of the molecule is CN/C=C1/C=C(c2ccc3nc(N4CC[C@@H](NC(C)C)C4)ccc3n2)C(O)=C(F)C1=N. The van der Waals surface area contributed by atoms with E-state index in [0.717, 1.165) is 30.8 Å². The molecule has 2 aromatic heterocycles. The third-order valence-electron chi connectivity index (χ3n) is 5.46. The van der Waals surface area contributed by atoms with Gasteiger partial charge in [-0.05, 0) is 36.8 Å². The van der Waals surface area contributed by atoms with Crippen LogP contribution in [0.2, 0.25) is 0 Å². The fourth-order valence-electron chi connectivity index (χ4n) is 4.02. The highest BCUT2D eigenvalue weighted by molar-refractivity contribution is 6.16. The van der Waals surface area contributed by atoms with E-state index >= 15 is 0 Å². The Kier molecular flexibility index (Phi) is 5.73. The van der Waals surface area contributed by atoms with Gasteiger partial charge in [-0.15, -0.1) is 0 Å². The first kappa shape index (κ1) is 21.0. The number of allylic oxidation sites excluding steroid dienone is 4. The van der Waals surface area contributed by atoms with Gasteiger partial charge in [-0.25, -0.2) is 14.4 Å². The summed E-state index contributed by atoms with van der Waals surface area (Å²) in [4.78, 5) is 11.6. The van der Waals surface area contributed by atoms with E-state index in [2.05, 4.69) is 34.4 Å². The van der Waals surface area contributed by atoms with Crippen molar-refractivity contribution in [1.29, 1.82) is 5.41 Å². The van der Waals surface area contributed by atoms with Crippen LogP contribution in [0.4, 0.5) is 10.2 Å². The topological polar surface area (TPSA) is 97.2 Å². The van der Waals surface area contributed by atoms with E-state index in [9.17, 15) is 9.50 Å². The average Bonchev–Trinajstić information content (AvgIpc) is 3.21. The average molecular weight is 423 g/mol. The molecule has 31 heavy (non-hydrogen) atoms. The zero-order chi connectivity index (χ0) is 22.1. The monoisotopic (exact) mass is 422 g/mol. The first-order valence-electron chi connectivity index (χ1n) is 10.4. The number of halogens is 1. The molecule has 162 valence electrons. The second-order valence-electron chi connectivity index (χ2n) is 8.14. The Morgan fingerprint density at radius 2 is 1.97 bits per heavy atom. The van der Waals surface area contributed by atoms with Crippen LogP contribution in [0.1, 0.15) is 26.0 Å². The number of hydrogen-bond acceptors (Lipinski definition) is 7. The molecule has 7 nitrogen and oxygen atoms in total. The van der Waals surface area contributed by atoms with Crippen LogP contribution in [0.25, 0.3) is 16.6 Å². The van der Waals surface area contributed by atoms with Crippen molar-refractivity contribution in [1.82, 2.24) is 20.6 Å². The van der Waals surface area contributed by atoms with Crippen LogP contribution in [-0.4, -0.2) is 53.0 Å². The highest BCUT2D eigenvalue weighted by Crippen LogP contribution is 2.32. The Balaban J connectivity index is 1.63. The van der Waals surface area contributed by atoms with Gasteiger partial charge in [0.05, 0.1) is 16.7 Å². The third-order valence-corrected chi connectivity index (χ3v) is 5.46. The number of nitrogens with one attached hydrogen (secondary N) is 3. The van der Waals surface area contributed by atoms with Crippen LogP contribution in [0.3, 0.4) is 0 Å². The minimum Gasteiger partial charge on any atom is -0.504 e. The molecule has 0 unspecified atom stereocenters. The minimum absolute atomic E-state index is 0.239. The number of rotatable bonds is 5. The summed E-state index contributed by atoms with van der Waals surface area (Å²) < 4.78 is 14.4. The Labute approximate surface area is 180 Å². The zero-order valence-corrected chi connectivity index (χ0v) is 17.9. The molecule has 2 aromatic rings. The van der Waals surface area contributed by atoms with E-state index in [0.29, 0.717) is 28.9 Å². The number of aliphatic hydroxyl groups excluding tert-OH is 1. The summed E-state index contributed by atoms with van der Waals surface area (Å²) in [5.74, 6) is -0.628. The molecule has 0 bridgehead atoms. The predicted molar refractivity (Wildman–Crippen MR) is 122 cm³/mol. The lowest BCUT2D eigenvalue weighted by Gasteiger charge is -2.20. The quantitative estimate of drug-likeness (QED) is 0.589. The standard InChI is InChI=1S/C23H27FN6O/c1-13(2)27-15-8-9-30(12-15)20-7-6-18-19(29-20)5-4-17(28-18)16-10-14(11-26-3)22(25)21(24)23(16)31/h4-7,10-11,13,15,25-27,31H,8-9,12H2,1-3H3/b14-11-,25-22?/t15-/m1/s1. The smallest absolute Gasteiger partial charge is 0.190 e. The number of hydrogen-bond donors (Lipinski definition) is 4. The van der Waals surface area contributed by atoms with Crippen LogP contribution < -0.4 is 15.5 Å².